The SMILES string of the molecule is CC/C=C(\CCC)Cc1c(O)cc(C=O)cc1C=O. The summed E-state index contributed by atoms with van der Waals surface area (Å²) in [5.74, 6) is 0.0183. The Hall–Kier alpha value is -1.90. The summed E-state index contributed by atoms with van der Waals surface area (Å²) in [5.41, 5.74) is 2.52. The van der Waals surface area contributed by atoms with Crippen molar-refractivity contribution in [2.45, 2.75) is 39.5 Å². The van der Waals surface area contributed by atoms with Crippen LogP contribution < -0.4 is 0 Å². The molecule has 1 aromatic rings. The number of phenols is 1. The highest BCUT2D eigenvalue weighted by molar-refractivity contribution is 5.85. The molecule has 3 heteroatoms. The topological polar surface area (TPSA) is 54.4 Å². The molecule has 0 saturated carbocycles. The van der Waals surface area contributed by atoms with Crippen molar-refractivity contribution in [1.82, 2.24) is 0 Å². The molecule has 0 radical (unpaired) electrons. The molecule has 0 aromatic heterocycles. The van der Waals surface area contributed by atoms with E-state index in [2.05, 4.69) is 19.9 Å². The number of hydrogen-bond acceptors (Lipinski definition) is 3. The summed E-state index contributed by atoms with van der Waals surface area (Å²) in [6, 6.07) is 2.93. The quantitative estimate of drug-likeness (QED) is 0.600. The highest BCUT2D eigenvalue weighted by Crippen LogP contribution is 2.26. The van der Waals surface area contributed by atoms with E-state index in [0.717, 1.165) is 19.3 Å². The lowest BCUT2D eigenvalue weighted by Gasteiger charge is -2.11. The van der Waals surface area contributed by atoms with Gasteiger partial charge in [0.25, 0.3) is 0 Å². The summed E-state index contributed by atoms with van der Waals surface area (Å²) in [7, 11) is 0. The van der Waals surface area contributed by atoms with Crippen molar-refractivity contribution in [2.75, 3.05) is 0 Å². The molecule has 1 aromatic carbocycles. The van der Waals surface area contributed by atoms with E-state index in [1.807, 2.05) is 0 Å². The molecule has 0 bridgehead atoms. The first-order valence-electron chi connectivity index (χ1n) is 6.60. The number of aldehydes is 2. The summed E-state index contributed by atoms with van der Waals surface area (Å²) >= 11 is 0. The average molecular weight is 260 g/mol. The number of aromatic hydroxyl groups is 1. The summed E-state index contributed by atoms with van der Waals surface area (Å²) < 4.78 is 0. The Morgan fingerprint density at radius 2 is 1.95 bits per heavy atom. The standard InChI is InChI=1S/C16H20O3/c1-3-5-12(6-4-2)8-15-14(11-18)7-13(10-17)9-16(15)19/h5,7,9-11,19H,3-4,6,8H2,1-2H3/b12-5+. The molecule has 1 N–H and O–H groups in total. The molecule has 0 fully saturated rings. The Morgan fingerprint density at radius 3 is 2.47 bits per heavy atom. The van der Waals surface area contributed by atoms with Gasteiger partial charge in [0.15, 0.2) is 0 Å². The van der Waals surface area contributed by atoms with E-state index in [1.165, 1.54) is 17.7 Å². The molecule has 0 heterocycles. The van der Waals surface area contributed by atoms with E-state index in [0.29, 0.717) is 35.7 Å². The molecule has 0 amide bonds. The smallest absolute Gasteiger partial charge is 0.150 e. The fraction of sp³-hybridized carbons (Fsp3) is 0.375. The number of rotatable bonds is 7. The Bertz CT molecular complexity index is 487. The van der Waals surface area contributed by atoms with Gasteiger partial charge < -0.3 is 5.11 Å². The first-order valence-corrected chi connectivity index (χ1v) is 6.60. The fourth-order valence-electron chi connectivity index (χ4n) is 2.17. The lowest BCUT2D eigenvalue weighted by Crippen LogP contribution is -1.99. The van der Waals surface area contributed by atoms with Crippen LogP contribution >= 0.6 is 0 Å². The average Bonchev–Trinajstić information content (AvgIpc) is 2.41. The van der Waals surface area contributed by atoms with Gasteiger partial charge in [-0.15, -0.1) is 0 Å². The molecule has 3 nitrogen and oxygen atoms in total. The van der Waals surface area contributed by atoms with Gasteiger partial charge in [0, 0.05) is 16.7 Å². The highest BCUT2D eigenvalue weighted by Gasteiger charge is 2.11. The third-order valence-electron chi connectivity index (χ3n) is 3.01. The molecule has 0 saturated heterocycles. The van der Waals surface area contributed by atoms with Crippen LogP contribution in [-0.4, -0.2) is 17.7 Å². The summed E-state index contributed by atoms with van der Waals surface area (Å²) in [4.78, 5) is 21.8. The first-order chi connectivity index (χ1) is 9.15. The van der Waals surface area contributed by atoms with Gasteiger partial charge in [0.2, 0.25) is 0 Å². The highest BCUT2D eigenvalue weighted by atomic mass is 16.3. The molecule has 0 aliphatic rings. The van der Waals surface area contributed by atoms with Crippen LogP contribution in [0, 0.1) is 0 Å². The van der Waals surface area contributed by atoms with Gasteiger partial charge in [-0.3, -0.25) is 9.59 Å². The van der Waals surface area contributed by atoms with Crippen LogP contribution in [0.5, 0.6) is 5.75 Å². The van der Waals surface area contributed by atoms with Gasteiger partial charge in [0.05, 0.1) is 0 Å². The van der Waals surface area contributed by atoms with E-state index < -0.39 is 0 Å². The van der Waals surface area contributed by atoms with Gasteiger partial charge in [-0.25, -0.2) is 0 Å². The van der Waals surface area contributed by atoms with E-state index in [4.69, 9.17) is 0 Å². The van der Waals surface area contributed by atoms with Crippen molar-refractivity contribution in [2.24, 2.45) is 0 Å². The van der Waals surface area contributed by atoms with E-state index in [1.54, 1.807) is 0 Å². The summed E-state index contributed by atoms with van der Waals surface area (Å²) in [6.07, 6.45) is 6.91. The van der Waals surface area contributed by atoms with Gasteiger partial charge in [-0.05, 0) is 31.4 Å². The van der Waals surface area contributed by atoms with Gasteiger partial charge in [-0.2, -0.15) is 0 Å². The molecule has 0 spiro atoms. The number of hydrogen-bond donors (Lipinski definition) is 1. The lowest BCUT2D eigenvalue weighted by atomic mass is 9.95. The van der Waals surface area contributed by atoms with Gasteiger partial charge in [0.1, 0.15) is 18.3 Å². The van der Waals surface area contributed by atoms with Crippen LogP contribution in [-0.2, 0) is 6.42 Å². The monoisotopic (exact) mass is 260 g/mol. The molecular formula is C16H20O3. The number of carbonyl (C=O) groups excluding carboxylic acids is 2. The molecule has 0 unspecified atom stereocenters. The zero-order chi connectivity index (χ0) is 14.3. The van der Waals surface area contributed by atoms with Crippen LogP contribution in [0.25, 0.3) is 0 Å². The predicted octanol–water partition coefficient (Wildman–Crippen LogP) is 3.70. The Balaban J connectivity index is 3.15. The van der Waals surface area contributed by atoms with Crippen molar-refractivity contribution >= 4 is 12.6 Å². The third kappa shape index (κ3) is 4.05. The minimum absolute atomic E-state index is 0.0183. The van der Waals surface area contributed by atoms with Crippen molar-refractivity contribution in [3.05, 3.63) is 40.5 Å². The summed E-state index contributed by atoms with van der Waals surface area (Å²) in [6.45, 7) is 4.16. The summed E-state index contributed by atoms with van der Waals surface area (Å²) in [5, 5.41) is 9.97. The first kappa shape index (κ1) is 15.2. The maximum Gasteiger partial charge on any atom is 0.150 e. The third-order valence-corrected chi connectivity index (χ3v) is 3.01. The zero-order valence-corrected chi connectivity index (χ0v) is 11.5. The second-order valence-corrected chi connectivity index (χ2v) is 4.54. The lowest BCUT2D eigenvalue weighted by molar-refractivity contribution is 0.112. The number of allylic oxidation sites excluding steroid dienone is 2. The fourth-order valence-corrected chi connectivity index (χ4v) is 2.17. The number of phenolic OH excluding ortho intramolecular Hbond substituents is 1. The maximum atomic E-state index is 11.1. The van der Waals surface area contributed by atoms with E-state index >= 15 is 0 Å². The Kier molecular flexibility index (Phi) is 6.00. The van der Waals surface area contributed by atoms with Crippen LogP contribution in [0.2, 0.25) is 0 Å². The minimum atomic E-state index is 0.0183. The Labute approximate surface area is 114 Å². The van der Waals surface area contributed by atoms with Crippen molar-refractivity contribution in [3.8, 4) is 5.75 Å². The second kappa shape index (κ2) is 7.52. The predicted molar refractivity (Wildman–Crippen MR) is 75.9 cm³/mol. The second-order valence-electron chi connectivity index (χ2n) is 4.54. The molecule has 0 aliphatic carbocycles. The number of carbonyl (C=O) groups is 2. The molecule has 0 atom stereocenters. The van der Waals surface area contributed by atoms with Gasteiger partial charge in [-0.1, -0.05) is 31.9 Å². The molecule has 19 heavy (non-hydrogen) atoms. The largest absolute Gasteiger partial charge is 0.508 e. The maximum absolute atomic E-state index is 11.1. The van der Waals surface area contributed by atoms with Crippen molar-refractivity contribution in [3.63, 3.8) is 0 Å². The van der Waals surface area contributed by atoms with Crippen LogP contribution in [0.15, 0.2) is 23.8 Å². The van der Waals surface area contributed by atoms with E-state index in [-0.39, 0.29) is 5.75 Å². The molecule has 0 aliphatic heterocycles. The minimum Gasteiger partial charge on any atom is -0.508 e. The van der Waals surface area contributed by atoms with E-state index in [9.17, 15) is 14.7 Å². The Morgan fingerprint density at radius 1 is 1.21 bits per heavy atom. The van der Waals surface area contributed by atoms with Crippen LogP contribution in [0.4, 0.5) is 0 Å². The molecule has 102 valence electrons. The number of benzene rings is 1. The molecule has 1 rings (SSSR count). The molecular weight excluding hydrogens is 240 g/mol. The normalized spacial score (nSPS) is 11.4. The van der Waals surface area contributed by atoms with Gasteiger partial charge >= 0.3 is 0 Å². The van der Waals surface area contributed by atoms with Crippen molar-refractivity contribution in [1.29, 1.82) is 0 Å². The van der Waals surface area contributed by atoms with Crippen LogP contribution in [0.1, 0.15) is 59.4 Å². The van der Waals surface area contributed by atoms with Crippen molar-refractivity contribution < 1.29 is 14.7 Å². The van der Waals surface area contributed by atoms with Crippen LogP contribution in [0.3, 0.4) is 0 Å². The zero-order valence-electron chi connectivity index (χ0n) is 11.5.